The Morgan fingerprint density at radius 1 is 1.13 bits per heavy atom. The van der Waals surface area contributed by atoms with E-state index in [1.807, 2.05) is 6.07 Å². The lowest BCUT2D eigenvalue weighted by atomic mass is 9.88. The molecular formula is C24H31N3O3S. The second kappa shape index (κ2) is 9.94. The van der Waals surface area contributed by atoms with Gasteiger partial charge in [0, 0.05) is 37.6 Å². The summed E-state index contributed by atoms with van der Waals surface area (Å²) in [6.45, 7) is 7.14. The first-order chi connectivity index (χ1) is 15.0. The molecule has 2 aromatic rings. The number of benzene rings is 1. The third kappa shape index (κ3) is 5.34. The Kier molecular flexibility index (Phi) is 7.05. The molecule has 0 bridgehead atoms. The molecule has 31 heavy (non-hydrogen) atoms. The first kappa shape index (κ1) is 22.0. The zero-order chi connectivity index (χ0) is 21.8. The SMILES string of the molecule is COC(=O)c1c(NC(=O)CN2CCN(Cc3ccccc3)CC2)sc2c1CCC(C)C2. The zero-order valence-corrected chi connectivity index (χ0v) is 19.2. The maximum absolute atomic E-state index is 12.8. The summed E-state index contributed by atoms with van der Waals surface area (Å²) >= 11 is 1.54. The van der Waals surface area contributed by atoms with Crippen molar-refractivity contribution < 1.29 is 14.3 Å². The number of fused-ring (bicyclic) bond motifs is 1. The highest BCUT2D eigenvalue weighted by molar-refractivity contribution is 7.17. The van der Waals surface area contributed by atoms with Crippen molar-refractivity contribution in [3.63, 3.8) is 0 Å². The van der Waals surface area contributed by atoms with E-state index in [2.05, 4.69) is 46.3 Å². The molecule has 1 N–H and O–H groups in total. The number of piperazine rings is 1. The van der Waals surface area contributed by atoms with Crippen molar-refractivity contribution in [1.82, 2.24) is 9.80 Å². The number of amides is 1. The Hall–Kier alpha value is -2.22. The van der Waals surface area contributed by atoms with E-state index in [0.29, 0.717) is 23.0 Å². The fraction of sp³-hybridized carbons (Fsp3) is 0.500. The molecule has 166 valence electrons. The first-order valence-corrected chi connectivity index (χ1v) is 11.9. The lowest BCUT2D eigenvalue weighted by Gasteiger charge is -2.34. The molecule has 2 aliphatic rings. The monoisotopic (exact) mass is 441 g/mol. The largest absolute Gasteiger partial charge is 0.465 e. The van der Waals surface area contributed by atoms with Crippen LogP contribution in [0, 0.1) is 5.92 Å². The topological polar surface area (TPSA) is 61.9 Å². The van der Waals surface area contributed by atoms with E-state index in [1.165, 1.54) is 17.6 Å². The predicted molar refractivity (Wildman–Crippen MR) is 124 cm³/mol. The summed E-state index contributed by atoms with van der Waals surface area (Å²) in [4.78, 5) is 31.0. The normalized spacial score (nSPS) is 19.6. The van der Waals surface area contributed by atoms with Gasteiger partial charge in [-0.2, -0.15) is 0 Å². The van der Waals surface area contributed by atoms with Gasteiger partial charge in [-0.1, -0.05) is 37.3 Å². The van der Waals surface area contributed by atoms with Crippen LogP contribution in [-0.2, 0) is 28.9 Å². The van der Waals surface area contributed by atoms with Gasteiger partial charge in [0.1, 0.15) is 5.00 Å². The van der Waals surface area contributed by atoms with Crippen molar-refractivity contribution in [2.45, 2.75) is 32.7 Å². The fourth-order valence-corrected chi connectivity index (χ4v) is 5.89. The predicted octanol–water partition coefficient (Wildman–Crippen LogP) is 3.42. The number of hydrogen-bond acceptors (Lipinski definition) is 6. The van der Waals surface area contributed by atoms with Crippen molar-refractivity contribution in [1.29, 1.82) is 0 Å². The average Bonchev–Trinajstić information content (AvgIpc) is 3.11. The maximum atomic E-state index is 12.8. The molecule has 2 heterocycles. The number of hydrogen-bond donors (Lipinski definition) is 1. The first-order valence-electron chi connectivity index (χ1n) is 11.0. The molecule has 1 fully saturated rings. The van der Waals surface area contributed by atoms with Crippen molar-refractivity contribution >= 4 is 28.2 Å². The Morgan fingerprint density at radius 2 is 1.84 bits per heavy atom. The summed E-state index contributed by atoms with van der Waals surface area (Å²) < 4.78 is 5.02. The van der Waals surface area contributed by atoms with E-state index in [0.717, 1.165) is 57.5 Å². The Labute approximate surface area is 188 Å². The summed E-state index contributed by atoms with van der Waals surface area (Å²) in [6.07, 6.45) is 2.90. The lowest BCUT2D eigenvalue weighted by Crippen LogP contribution is -2.48. The molecule has 4 rings (SSSR count). The average molecular weight is 442 g/mol. The summed E-state index contributed by atoms with van der Waals surface area (Å²) in [5.74, 6) is 0.192. The summed E-state index contributed by atoms with van der Waals surface area (Å²) in [5.41, 5.74) is 2.95. The highest BCUT2D eigenvalue weighted by Gasteiger charge is 2.29. The molecule has 0 radical (unpaired) electrons. The van der Waals surface area contributed by atoms with E-state index in [-0.39, 0.29) is 11.9 Å². The van der Waals surface area contributed by atoms with Crippen LogP contribution in [0.2, 0.25) is 0 Å². The van der Waals surface area contributed by atoms with E-state index in [1.54, 1.807) is 11.3 Å². The number of anilines is 1. The van der Waals surface area contributed by atoms with E-state index in [9.17, 15) is 9.59 Å². The number of ether oxygens (including phenoxy) is 1. The van der Waals surface area contributed by atoms with Crippen LogP contribution in [0.5, 0.6) is 0 Å². The molecule has 1 amide bonds. The maximum Gasteiger partial charge on any atom is 0.341 e. The Morgan fingerprint density at radius 3 is 2.55 bits per heavy atom. The molecule has 1 aliphatic heterocycles. The number of nitrogens with one attached hydrogen (secondary N) is 1. The number of thiophene rings is 1. The van der Waals surface area contributed by atoms with Crippen LogP contribution < -0.4 is 5.32 Å². The van der Waals surface area contributed by atoms with Crippen LogP contribution in [0.25, 0.3) is 0 Å². The molecule has 1 atom stereocenters. The van der Waals surface area contributed by atoms with Gasteiger partial charge in [-0.3, -0.25) is 14.6 Å². The van der Waals surface area contributed by atoms with Gasteiger partial charge in [-0.15, -0.1) is 11.3 Å². The van der Waals surface area contributed by atoms with Gasteiger partial charge in [-0.25, -0.2) is 4.79 Å². The fourth-order valence-electron chi connectivity index (χ4n) is 4.47. The minimum atomic E-state index is -0.350. The molecular weight excluding hydrogens is 410 g/mol. The summed E-state index contributed by atoms with van der Waals surface area (Å²) in [5, 5.41) is 3.67. The molecule has 1 aromatic heterocycles. The summed E-state index contributed by atoms with van der Waals surface area (Å²) in [6, 6.07) is 10.5. The third-order valence-electron chi connectivity index (χ3n) is 6.24. The van der Waals surface area contributed by atoms with Gasteiger partial charge < -0.3 is 10.1 Å². The Bertz CT molecular complexity index is 920. The van der Waals surface area contributed by atoms with Gasteiger partial charge in [0.25, 0.3) is 0 Å². The van der Waals surface area contributed by atoms with Crippen LogP contribution in [0.1, 0.15) is 39.7 Å². The second-order valence-electron chi connectivity index (χ2n) is 8.63. The minimum Gasteiger partial charge on any atom is -0.465 e. The van der Waals surface area contributed by atoms with Gasteiger partial charge in [-0.05, 0) is 36.3 Å². The molecule has 1 saturated heterocycles. The smallest absolute Gasteiger partial charge is 0.341 e. The molecule has 0 spiro atoms. The van der Waals surface area contributed by atoms with Gasteiger partial charge in [0.2, 0.25) is 5.91 Å². The van der Waals surface area contributed by atoms with Crippen LogP contribution in [-0.4, -0.2) is 61.5 Å². The number of methoxy groups -OCH3 is 1. The van der Waals surface area contributed by atoms with E-state index < -0.39 is 0 Å². The number of esters is 1. The number of carbonyl (C=O) groups is 2. The minimum absolute atomic E-state index is 0.0618. The number of carbonyl (C=O) groups excluding carboxylic acids is 2. The number of rotatable bonds is 6. The highest BCUT2D eigenvalue weighted by atomic mass is 32.1. The lowest BCUT2D eigenvalue weighted by molar-refractivity contribution is -0.117. The zero-order valence-electron chi connectivity index (χ0n) is 18.4. The molecule has 6 nitrogen and oxygen atoms in total. The van der Waals surface area contributed by atoms with Gasteiger partial charge in [0.05, 0.1) is 19.2 Å². The van der Waals surface area contributed by atoms with E-state index >= 15 is 0 Å². The Balaban J connectivity index is 1.34. The highest BCUT2D eigenvalue weighted by Crippen LogP contribution is 2.40. The van der Waals surface area contributed by atoms with Gasteiger partial charge in [0.15, 0.2) is 0 Å². The van der Waals surface area contributed by atoms with Crippen molar-refractivity contribution in [3.8, 4) is 0 Å². The molecule has 7 heteroatoms. The molecule has 1 aromatic carbocycles. The molecule has 1 aliphatic carbocycles. The molecule has 0 saturated carbocycles. The van der Waals surface area contributed by atoms with Crippen LogP contribution in [0.4, 0.5) is 5.00 Å². The standard InChI is InChI=1S/C24H31N3O3S/c1-17-8-9-19-20(14-17)31-23(22(19)24(29)30-2)25-21(28)16-27-12-10-26(11-13-27)15-18-6-4-3-5-7-18/h3-7,17H,8-16H2,1-2H3,(H,25,28). The third-order valence-corrected chi connectivity index (χ3v) is 7.41. The second-order valence-corrected chi connectivity index (χ2v) is 9.74. The van der Waals surface area contributed by atoms with Crippen molar-refractivity contribution in [2.75, 3.05) is 45.2 Å². The quantitative estimate of drug-likeness (QED) is 0.696. The summed E-state index contributed by atoms with van der Waals surface area (Å²) in [7, 11) is 1.40. The van der Waals surface area contributed by atoms with Crippen LogP contribution >= 0.6 is 11.3 Å². The van der Waals surface area contributed by atoms with E-state index in [4.69, 9.17) is 4.74 Å². The van der Waals surface area contributed by atoms with Gasteiger partial charge >= 0.3 is 5.97 Å². The van der Waals surface area contributed by atoms with Crippen molar-refractivity contribution in [2.24, 2.45) is 5.92 Å². The number of nitrogens with zero attached hydrogens (tertiary/aromatic N) is 2. The van der Waals surface area contributed by atoms with Crippen molar-refractivity contribution in [3.05, 3.63) is 51.9 Å². The molecule has 1 unspecified atom stereocenters. The van der Waals surface area contributed by atoms with Crippen LogP contribution in [0.3, 0.4) is 0 Å². The van der Waals surface area contributed by atoms with Crippen LogP contribution in [0.15, 0.2) is 30.3 Å².